The molecule has 0 atom stereocenters. The molecule has 0 fully saturated rings. The molecule has 0 spiro atoms. The first-order valence-corrected chi connectivity index (χ1v) is 8.81. The summed E-state index contributed by atoms with van der Waals surface area (Å²) in [6.45, 7) is 5.09. The van der Waals surface area contributed by atoms with E-state index < -0.39 is 17.0 Å². The van der Waals surface area contributed by atoms with Gasteiger partial charge in [0.1, 0.15) is 18.0 Å². The van der Waals surface area contributed by atoms with E-state index in [0.717, 1.165) is 0 Å². The molecular weight excluding hydrogens is 380 g/mol. The van der Waals surface area contributed by atoms with Crippen molar-refractivity contribution < 1.29 is 23.1 Å². The lowest BCUT2D eigenvalue weighted by Gasteiger charge is -2.16. The average molecular weight is 399 g/mol. The number of ether oxygens (including phenoxy) is 1. The molecule has 8 heteroatoms. The molecular formula is C21H19F2N3O3. The first-order chi connectivity index (χ1) is 13.7. The molecule has 0 amide bonds. The highest BCUT2D eigenvalue weighted by molar-refractivity contribution is 5.80. The quantitative estimate of drug-likeness (QED) is 0.474. The lowest BCUT2D eigenvalue weighted by Crippen LogP contribution is -2.24. The highest BCUT2D eigenvalue weighted by atomic mass is 19.1. The molecule has 0 saturated carbocycles. The zero-order valence-electron chi connectivity index (χ0n) is 16.1. The second-order valence-corrected chi connectivity index (χ2v) is 7.44. The maximum atomic E-state index is 14.6. The minimum atomic E-state index is -0.780. The van der Waals surface area contributed by atoms with Crippen LogP contribution in [0.5, 0.6) is 0 Å². The molecule has 2 aromatic carbocycles. The van der Waals surface area contributed by atoms with Gasteiger partial charge in [-0.3, -0.25) is 9.59 Å². The summed E-state index contributed by atoms with van der Waals surface area (Å²) in [7, 11) is 0. The van der Waals surface area contributed by atoms with Crippen LogP contribution in [0.2, 0.25) is 0 Å². The molecule has 6 nitrogen and oxygen atoms in total. The minimum absolute atomic E-state index is 0.00812. The predicted molar refractivity (Wildman–Crippen MR) is 102 cm³/mol. The van der Waals surface area contributed by atoms with Crippen LogP contribution in [0.4, 0.5) is 8.78 Å². The number of benzene rings is 2. The molecule has 29 heavy (non-hydrogen) atoms. The van der Waals surface area contributed by atoms with Crippen LogP contribution in [0.1, 0.15) is 31.1 Å². The van der Waals surface area contributed by atoms with Crippen molar-refractivity contribution in [3.05, 3.63) is 59.9 Å². The van der Waals surface area contributed by atoms with Crippen LogP contribution in [0, 0.1) is 17.0 Å². The Morgan fingerprint density at radius 3 is 2.59 bits per heavy atom. The van der Waals surface area contributed by atoms with Gasteiger partial charge in [-0.15, -0.1) is 5.10 Å². The molecule has 3 aromatic rings. The Kier molecular flexibility index (Phi) is 5.54. The van der Waals surface area contributed by atoms with Gasteiger partial charge >= 0.3 is 5.97 Å². The summed E-state index contributed by atoms with van der Waals surface area (Å²) in [6.07, 6.45) is 1.75. The number of carbonyl (C=O) groups excluding carboxylic acids is 2. The molecule has 3 rings (SSSR count). The second kappa shape index (κ2) is 7.90. The average Bonchev–Trinajstić information content (AvgIpc) is 3.15. The zero-order valence-corrected chi connectivity index (χ0v) is 16.1. The van der Waals surface area contributed by atoms with Crippen molar-refractivity contribution in [2.45, 2.75) is 27.5 Å². The summed E-state index contributed by atoms with van der Waals surface area (Å²) in [4.78, 5) is 26.8. The van der Waals surface area contributed by atoms with Gasteiger partial charge in [0.25, 0.3) is 0 Å². The molecule has 1 heterocycles. The fraction of sp³-hybridized carbons (Fsp3) is 0.238. The smallest absolute Gasteiger partial charge is 0.313 e. The van der Waals surface area contributed by atoms with E-state index in [0.29, 0.717) is 11.8 Å². The predicted octanol–water partition coefficient (Wildman–Crippen LogP) is 4.25. The molecule has 0 aliphatic carbocycles. The van der Waals surface area contributed by atoms with Crippen LogP contribution in [0.3, 0.4) is 0 Å². The number of esters is 1. The van der Waals surface area contributed by atoms with Gasteiger partial charge in [-0.1, -0.05) is 24.3 Å². The van der Waals surface area contributed by atoms with Crippen LogP contribution >= 0.6 is 0 Å². The first kappa shape index (κ1) is 20.3. The Morgan fingerprint density at radius 1 is 1.17 bits per heavy atom. The summed E-state index contributed by atoms with van der Waals surface area (Å²) in [5.74, 6) is -1.62. The summed E-state index contributed by atoms with van der Waals surface area (Å²) in [5.41, 5.74) is -0.395. The molecule has 0 unspecified atom stereocenters. The normalized spacial score (nSPS) is 11.3. The summed E-state index contributed by atoms with van der Waals surface area (Å²) in [5, 5.41) is 4.16. The van der Waals surface area contributed by atoms with E-state index in [1.54, 1.807) is 26.8 Å². The fourth-order valence-electron chi connectivity index (χ4n) is 2.55. The zero-order chi connectivity index (χ0) is 21.2. The monoisotopic (exact) mass is 399 g/mol. The maximum Gasteiger partial charge on any atom is 0.313 e. The Hall–Kier alpha value is -3.42. The van der Waals surface area contributed by atoms with Crippen molar-refractivity contribution in [3.8, 4) is 22.5 Å². The summed E-state index contributed by atoms with van der Waals surface area (Å²) >= 11 is 0. The van der Waals surface area contributed by atoms with Crippen LogP contribution < -0.4 is 0 Å². The van der Waals surface area contributed by atoms with E-state index in [1.807, 2.05) is 0 Å². The van der Waals surface area contributed by atoms with Crippen LogP contribution in [-0.4, -0.2) is 27.0 Å². The molecule has 0 saturated heterocycles. The lowest BCUT2D eigenvalue weighted by atomic mass is 9.98. The van der Waals surface area contributed by atoms with Crippen LogP contribution in [0.25, 0.3) is 22.5 Å². The topological polar surface area (TPSA) is 74.1 Å². The standard InChI is InChI=1S/C21H19F2N3O3/c1-21(2,3)20(28)29-12-26-11-24-19(25-26)13-7-8-15(17(22)9-13)16-6-4-5-14(10-27)18(16)23/h4-11H,12H2,1-3H3. The van der Waals surface area contributed by atoms with Gasteiger partial charge in [0.05, 0.1) is 11.0 Å². The third-order valence-corrected chi connectivity index (χ3v) is 4.15. The van der Waals surface area contributed by atoms with Crippen molar-refractivity contribution in [3.63, 3.8) is 0 Å². The molecule has 0 radical (unpaired) electrons. The number of hydrogen-bond donors (Lipinski definition) is 0. The number of carbonyl (C=O) groups is 2. The molecule has 0 N–H and O–H groups in total. The third-order valence-electron chi connectivity index (χ3n) is 4.15. The van der Waals surface area contributed by atoms with Gasteiger partial charge in [0, 0.05) is 16.7 Å². The minimum Gasteiger partial charge on any atom is -0.442 e. The molecule has 0 aliphatic rings. The van der Waals surface area contributed by atoms with E-state index in [-0.39, 0.29) is 35.2 Å². The number of rotatable bonds is 5. The van der Waals surface area contributed by atoms with E-state index in [4.69, 9.17) is 4.74 Å². The van der Waals surface area contributed by atoms with Crippen molar-refractivity contribution in [1.29, 1.82) is 0 Å². The second-order valence-electron chi connectivity index (χ2n) is 7.44. The van der Waals surface area contributed by atoms with Gasteiger partial charge in [-0.25, -0.2) is 18.4 Å². The number of aldehydes is 1. The Balaban J connectivity index is 1.82. The third kappa shape index (κ3) is 4.37. The lowest BCUT2D eigenvalue weighted by molar-refractivity contribution is -0.157. The SMILES string of the molecule is CC(C)(C)C(=O)OCn1cnc(-c2ccc(-c3cccc(C=O)c3F)c(F)c2)n1. The van der Waals surface area contributed by atoms with Gasteiger partial charge < -0.3 is 4.74 Å². The van der Waals surface area contributed by atoms with Gasteiger partial charge in [0.2, 0.25) is 0 Å². The number of hydrogen-bond acceptors (Lipinski definition) is 5. The maximum absolute atomic E-state index is 14.6. The van der Waals surface area contributed by atoms with Gasteiger partial charge in [-0.05, 0) is 32.9 Å². The first-order valence-electron chi connectivity index (χ1n) is 8.81. The Morgan fingerprint density at radius 2 is 1.93 bits per heavy atom. The van der Waals surface area contributed by atoms with Crippen molar-refractivity contribution in [2.24, 2.45) is 5.41 Å². The number of halogens is 2. The van der Waals surface area contributed by atoms with Crippen LogP contribution in [-0.2, 0) is 16.3 Å². The van der Waals surface area contributed by atoms with Crippen LogP contribution in [0.15, 0.2) is 42.7 Å². The van der Waals surface area contributed by atoms with Gasteiger partial charge in [0.15, 0.2) is 18.8 Å². The van der Waals surface area contributed by atoms with Gasteiger partial charge in [-0.2, -0.15) is 0 Å². The van der Waals surface area contributed by atoms with E-state index in [9.17, 15) is 18.4 Å². The molecule has 1 aromatic heterocycles. The molecule has 0 aliphatic heterocycles. The highest BCUT2D eigenvalue weighted by Gasteiger charge is 2.23. The highest BCUT2D eigenvalue weighted by Crippen LogP contribution is 2.29. The Labute approximate surface area is 166 Å². The van der Waals surface area contributed by atoms with Crippen molar-refractivity contribution in [1.82, 2.24) is 14.8 Å². The Bertz CT molecular complexity index is 1070. The fourth-order valence-corrected chi connectivity index (χ4v) is 2.55. The molecule has 0 bridgehead atoms. The largest absolute Gasteiger partial charge is 0.442 e. The van der Waals surface area contributed by atoms with Crippen molar-refractivity contribution >= 4 is 12.3 Å². The van der Waals surface area contributed by atoms with E-state index in [1.165, 1.54) is 41.3 Å². The van der Waals surface area contributed by atoms with E-state index in [2.05, 4.69) is 10.1 Å². The number of aromatic nitrogens is 3. The van der Waals surface area contributed by atoms with E-state index >= 15 is 0 Å². The summed E-state index contributed by atoms with van der Waals surface area (Å²) < 4.78 is 35.4. The molecule has 150 valence electrons. The number of nitrogens with zero attached hydrogens (tertiary/aromatic N) is 3. The summed E-state index contributed by atoms with van der Waals surface area (Å²) in [6, 6.07) is 8.34. The van der Waals surface area contributed by atoms with Crippen molar-refractivity contribution in [2.75, 3.05) is 0 Å².